The number of hydrazone groups is 1. The van der Waals surface area contributed by atoms with Gasteiger partial charge in [0.05, 0.1) is 11.8 Å². The van der Waals surface area contributed by atoms with E-state index in [1.807, 2.05) is 6.08 Å². The van der Waals surface area contributed by atoms with Gasteiger partial charge in [0.1, 0.15) is 11.4 Å². The van der Waals surface area contributed by atoms with Crippen LogP contribution in [0.3, 0.4) is 0 Å². The number of rotatable bonds is 8. The number of hydrogen-bond donors (Lipinski definition) is 2. The smallest absolute Gasteiger partial charge is 0.273 e. The number of H-pyrrole nitrogens is 1. The first-order chi connectivity index (χ1) is 13.5. The molecule has 3 heterocycles. The molecule has 0 bridgehead atoms. The first-order valence-corrected chi connectivity index (χ1v) is 9.82. The Kier molecular flexibility index (Phi) is 6.36. The molecule has 1 aliphatic heterocycles. The third-order valence-corrected chi connectivity index (χ3v) is 5.29. The molecule has 28 heavy (non-hydrogen) atoms. The maximum atomic E-state index is 12.3. The molecule has 3 rings (SSSR count). The summed E-state index contributed by atoms with van der Waals surface area (Å²) >= 11 is 0. The normalized spacial score (nSPS) is 15.4. The van der Waals surface area contributed by atoms with E-state index in [1.165, 1.54) is 11.1 Å². The van der Waals surface area contributed by atoms with Crippen LogP contribution in [-0.2, 0) is 11.2 Å². The third kappa shape index (κ3) is 4.20. The second kappa shape index (κ2) is 8.93. The van der Waals surface area contributed by atoms with Gasteiger partial charge < -0.3 is 9.88 Å². The fourth-order valence-electron chi connectivity index (χ4n) is 3.58. The second-order valence-electron chi connectivity index (χ2n) is 6.95. The average Bonchev–Trinajstić information content (AvgIpc) is 3.20. The number of hydrogen-bond acceptors (Lipinski definition) is 5. The molecule has 0 saturated heterocycles. The minimum atomic E-state index is -0.226. The van der Waals surface area contributed by atoms with Gasteiger partial charge in [-0.1, -0.05) is 13.8 Å². The number of aromatic nitrogens is 3. The van der Waals surface area contributed by atoms with Crippen molar-refractivity contribution in [1.29, 1.82) is 0 Å². The van der Waals surface area contributed by atoms with E-state index < -0.39 is 0 Å². The van der Waals surface area contributed by atoms with Crippen molar-refractivity contribution in [3.8, 4) is 0 Å². The summed E-state index contributed by atoms with van der Waals surface area (Å²) in [6.45, 7) is 11.9. The van der Waals surface area contributed by atoms with E-state index in [1.54, 1.807) is 18.6 Å². The van der Waals surface area contributed by atoms with Crippen LogP contribution in [0.1, 0.15) is 48.5 Å². The molecule has 0 aliphatic carbocycles. The minimum absolute atomic E-state index is 0.226. The molecule has 7 nitrogen and oxygen atoms in total. The van der Waals surface area contributed by atoms with Crippen LogP contribution >= 0.6 is 0 Å². The molecule has 7 heteroatoms. The van der Waals surface area contributed by atoms with Gasteiger partial charge >= 0.3 is 0 Å². The fraction of sp³-hybridized carbons (Fsp3) is 0.429. The topological polar surface area (TPSA) is 86.3 Å². The molecule has 0 radical (unpaired) electrons. The SMILES string of the molecule is CCN(CC)CCCc1c(C)[nH]c(C=C2C(=O)NN=C2c2cnccn2)c1C. The van der Waals surface area contributed by atoms with Gasteiger partial charge in [-0.15, -0.1) is 0 Å². The molecule has 2 N–H and O–H groups in total. The fourth-order valence-corrected chi connectivity index (χ4v) is 3.58. The van der Waals surface area contributed by atoms with Crippen LogP contribution in [0.2, 0.25) is 0 Å². The Labute approximate surface area is 166 Å². The van der Waals surface area contributed by atoms with Crippen molar-refractivity contribution in [2.45, 2.75) is 40.5 Å². The lowest BCUT2D eigenvalue weighted by Crippen LogP contribution is -2.24. The zero-order valence-corrected chi connectivity index (χ0v) is 17.0. The van der Waals surface area contributed by atoms with Gasteiger partial charge in [0, 0.05) is 23.8 Å². The van der Waals surface area contributed by atoms with Gasteiger partial charge in [0.25, 0.3) is 5.91 Å². The Morgan fingerprint density at radius 3 is 2.64 bits per heavy atom. The van der Waals surface area contributed by atoms with E-state index in [2.05, 4.69) is 58.1 Å². The lowest BCUT2D eigenvalue weighted by Gasteiger charge is -2.17. The van der Waals surface area contributed by atoms with Gasteiger partial charge in [-0.2, -0.15) is 5.10 Å². The van der Waals surface area contributed by atoms with Gasteiger partial charge in [0.15, 0.2) is 0 Å². The van der Waals surface area contributed by atoms with E-state index >= 15 is 0 Å². The number of aryl methyl sites for hydroxylation is 1. The highest BCUT2D eigenvalue weighted by Crippen LogP contribution is 2.24. The molecule has 0 spiro atoms. The van der Waals surface area contributed by atoms with Crippen LogP contribution in [0.5, 0.6) is 0 Å². The highest BCUT2D eigenvalue weighted by Gasteiger charge is 2.26. The summed E-state index contributed by atoms with van der Waals surface area (Å²) in [5.41, 5.74) is 8.74. The number of nitrogens with zero attached hydrogens (tertiary/aromatic N) is 4. The Hall–Kier alpha value is -2.80. The Morgan fingerprint density at radius 2 is 1.96 bits per heavy atom. The predicted octanol–water partition coefficient (Wildman–Crippen LogP) is 2.61. The van der Waals surface area contributed by atoms with Crippen LogP contribution in [-0.4, -0.2) is 51.1 Å². The summed E-state index contributed by atoms with van der Waals surface area (Å²) in [5, 5.41) is 4.14. The minimum Gasteiger partial charge on any atom is -0.359 e. The largest absolute Gasteiger partial charge is 0.359 e. The lowest BCUT2D eigenvalue weighted by molar-refractivity contribution is -0.116. The van der Waals surface area contributed by atoms with Crippen molar-refractivity contribution in [3.05, 3.63) is 52.4 Å². The molecule has 0 saturated carbocycles. The second-order valence-corrected chi connectivity index (χ2v) is 6.95. The van der Waals surface area contributed by atoms with Crippen LogP contribution in [0.15, 0.2) is 29.3 Å². The molecule has 2 aromatic rings. The molecule has 1 aliphatic rings. The van der Waals surface area contributed by atoms with Gasteiger partial charge in [-0.3, -0.25) is 14.8 Å². The van der Waals surface area contributed by atoms with Crippen LogP contribution in [0, 0.1) is 13.8 Å². The average molecular weight is 380 g/mol. The number of amides is 1. The maximum Gasteiger partial charge on any atom is 0.273 e. The van der Waals surface area contributed by atoms with Crippen molar-refractivity contribution in [2.24, 2.45) is 5.10 Å². The van der Waals surface area contributed by atoms with Crippen molar-refractivity contribution >= 4 is 17.7 Å². The van der Waals surface area contributed by atoms with Crippen molar-refractivity contribution < 1.29 is 4.79 Å². The standard InChI is InChI=1S/C21H28N6O/c1-5-27(6-2)11-7-8-16-14(3)18(24-15(16)4)12-17-20(25-26-21(17)28)19-13-22-9-10-23-19/h9-10,12-13,24H,5-8,11H2,1-4H3,(H,26,28). The molecular formula is C21H28N6O. The molecule has 2 aromatic heterocycles. The molecule has 1 amide bonds. The third-order valence-electron chi connectivity index (χ3n) is 5.29. The van der Waals surface area contributed by atoms with E-state index in [-0.39, 0.29) is 5.91 Å². The highest BCUT2D eigenvalue weighted by atomic mass is 16.2. The first-order valence-electron chi connectivity index (χ1n) is 9.82. The number of carbonyl (C=O) groups is 1. The molecule has 0 atom stereocenters. The summed E-state index contributed by atoms with van der Waals surface area (Å²) in [6, 6.07) is 0. The molecule has 0 aromatic carbocycles. The molecule has 0 fully saturated rings. The highest BCUT2D eigenvalue weighted by molar-refractivity contribution is 6.32. The first kappa shape index (κ1) is 19.9. The van der Waals surface area contributed by atoms with Crippen molar-refractivity contribution in [2.75, 3.05) is 19.6 Å². The number of nitrogens with one attached hydrogen (secondary N) is 2. The quantitative estimate of drug-likeness (QED) is 0.689. The summed E-state index contributed by atoms with van der Waals surface area (Å²) < 4.78 is 0. The van der Waals surface area contributed by atoms with E-state index in [0.29, 0.717) is 17.0 Å². The maximum absolute atomic E-state index is 12.3. The van der Waals surface area contributed by atoms with Crippen LogP contribution in [0.25, 0.3) is 6.08 Å². The van der Waals surface area contributed by atoms with E-state index in [4.69, 9.17) is 0 Å². The zero-order chi connectivity index (χ0) is 20.1. The van der Waals surface area contributed by atoms with E-state index in [9.17, 15) is 4.79 Å². The number of carbonyl (C=O) groups excluding carboxylic acids is 1. The summed E-state index contributed by atoms with van der Waals surface area (Å²) in [5.74, 6) is -0.226. The monoisotopic (exact) mass is 380 g/mol. The van der Waals surface area contributed by atoms with Crippen LogP contribution < -0.4 is 5.43 Å². The van der Waals surface area contributed by atoms with Crippen molar-refractivity contribution in [3.63, 3.8) is 0 Å². The lowest BCUT2D eigenvalue weighted by atomic mass is 10.0. The Balaban J connectivity index is 1.82. The Bertz CT molecular complexity index is 893. The summed E-state index contributed by atoms with van der Waals surface area (Å²) in [7, 11) is 0. The molecular weight excluding hydrogens is 352 g/mol. The zero-order valence-electron chi connectivity index (χ0n) is 17.0. The van der Waals surface area contributed by atoms with E-state index in [0.717, 1.165) is 43.9 Å². The predicted molar refractivity (Wildman–Crippen MR) is 111 cm³/mol. The number of aromatic amines is 1. The van der Waals surface area contributed by atoms with Gasteiger partial charge in [-0.05, 0) is 63.5 Å². The molecule has 148 valence electrons. The van der Waals surface area contributed by atoms with Gasteiger partial charge in [-0.25, -0.2) is 5.43 Å². The van der Waals surface area contributed by atoms with Gasteiger partial charge in [0.2, 0.25) is 0 Å². The molecule has 0 unspecified atom stereocenters. The van der Waals surface area contributed by atoms with Crippen LogP contribution in [0.4, 0.5) is 0 Å². The summed E-state index contributed by atoms with van der Waals surface area (Å²) in [4.78, 5) is 26.5. The summed E-state index contributed by atoms with van der Waals surface area (Å²) in [6.07, 6.45) is 8.80. The Morgan fingerprint density at radius 1 is 1.18 bits per heavy atom. The van der Waals surface area contributed by atoms with Crippen molar-refractivity contribution in [1.82, 2.24) is 25.3 Å².